The van der Waals surface area contributed by atoms with E-state index in [0.717, 1.165) is 17.9 Å². The number of pyridine rings is 1. The molecule has 1 heterocycles. The molecule has 1 aliphatic rings. The van der Waals surface area contributed by atoms with Crippen molar-refractivity contribution in [2.75, 3.05) is 0 Å². The standard InChI is InChI=1S/C28H25ClN.CHF3O3S/c1-20-16-17-23(29)18-27(20)30-26-15-9-8-14-24(26)25(21-10-4-2-5-11-21)19-28(30)22-12-6-3-7-13-22;2-1(3,4)8(5,6)7/h2-7,10-13,16-19H,8-9,14-15H2,1H3;(H,5,6,7)/q+1;/p-1. The molecule has 0 saturated carbocycles. The molecule has 0 saturated heterocycles. The Kier molecular flexibility index (Phi) is 8.25. The Hall–Kier alpha value is -3.20. The van der Waals surface area contributed by atoms with E-state index >= 15 is 0 Å². The highest BCUT2D eigenvalue weighted by molar-refractivity contribution is 7.86. The number of aryl methyl sites for hydroxylation is 1. The number of hydrogen-bond donors (Lipinski definition) is 0. The van der Waals surface area contributed by atoms with Crippen LogP contribution in [0.1, 0.15) is 29.7 Å². The maximum Gasteiger partial charge on any atom is 0.485 e. The van der Waals surface area contributed by atoms with Crippen LogP contribution in [0.4, 0.5) is 13.2 Å². The van der Waals surface area contributed by atoms with Crippen LogP contribution < -0.4 is 4.57 Å². The Morgan fingerprint density at radius 3 is 1.97 bits per heavy atom. The third-order valence-electron chi connectivity index (χ3n) is 6.41. The Morgan fingerprint density at radius 1 is 0.842 bits per heavy atom. The summed E-state index contributed by atoms with van der Waals surface area (Å²) in [5.41, 5.74) is 4.78. The minimum atomic E-state index is -6.09. The van der Waals surface area contributed by atoms with Gasteiger partial charge in [0, 0.05) is 40.3 Å². The Morgan fingerprint density at radius 2 is 1.39 bits per heavy atom. The zero-order valence-corrected chi connectivity index (χ0v) is 22.1. The van der Waals surface area contributed by atoms with Crippen LogP contribution in [0.25, 0.3) is 28.1 Å². The van der Waals surface area contributed by atoms with Gasteiger partial charge in [0.25, 0.3) is 0 Å². The molecule has 0 spiro atoms. The van der Waals surface area contributed by atoms with E-state index in [1.807, 2.05) is 6.07 Å². The second kappa shape index (κ2) is 11.3. The van der Waals surface area contributed by atoms with E-state index in [4.69, 9.17) is 24.6 Å². The van der Waals surface area contributed by atoms with Crippen LogP contribution >= 0.6 is 11.6 Å². The third kappa shape index (κ3) is 6.09. The molecule has 0 fully saturated rings. The van der Waals surface area contributed by atoms with Gasteiger partial charge < -0.3 is 4.55 Å². The summed E-state index contributed by atoms with van der Waals surface area (Å²) >= 11 is 6.46. The predicted octanol–water partition coefficient (Wildman–Crippen LogP) is 7.19. The number of halogens is 4. The van der Waals surface area contributed by atoms with Gasteiger partial charge >= 0.3 is 5.51 Å². The van der Waals surface area contributed by atoms with E-state index in [1.165, 1.54) is 57.7 Å². The maximum absolute atomic E-state index is 10.7. The molecule has 0 atom stereocenters. The van der Waals surface area contributed by atoms with Gasteiger partial charge in [-0.25, -0.2) is 8.42 Å². The first-order chi connectivity index (χ1) is 18.0. The minimum absolute atomic E-state index is 0.777. The van der Waals surface area contributed by atoms with E-state index in [9.17, 15) is 13.2 Å². The number of hydrogen-bond acceptors (Lipinski definition) is 3. The van der Waals surface area contributed by atoms with Crippen molar-refractivity contribution in [3.8, 4) is 28.1 Å². The molecule has 0 N–H and O–H groups in total. The lowest BCUT2D eigenvalue weighted by Gasteiger charge is -2.21. The van der Waals surface area contributed by atoms with Gasteiger partial charge in [-0.3, -0.25) is 0 Å². The first-order valence-corrected chi connectivity index (χ1v) is 13.8. The summed E-state index contributed by atoms with van der Waals surface area (Å²) in [6.45, 7) is 2.17. The highest BCUT2D eigenvalue weighted by Crippen LogP contribution is 2.35. The SMILES string of the molecule is Cc1ccc(Cl)cc1-[n+]1c(-c2ccccc2)cc(-c2ccccc2)c2c1CCCC2.O=S(=O)([O-])C(F)(F)F. The van der Waals surface area contributed by atoms with E-state index in [1.54, 1.807) is 0 Å². The fourth-order valence-electron chi connectivity index (χ4n) is 4.66. The Bertz CT molecular complexity index is 1540. The fraction of sp³-hybridized carbons (Fsp3) is 0.207. The van der Waals surface area contributed by atoms with Gasteiger partial charge in [-0.2, -0.15) is 17.7 Å². The van der Waals surface area contributed by atoms with E-state index < -0.39 is 15.6 Å². The summed E-state index contributed by atoms with van der Waals surface area (Å²) in [5, 5.41) is 0.777. The predicted molar refractivity (Wildman–Crippen MR) is 141 cm³/mol. The lowest BCUT2D eigenvalue weighted by atomic mass is 9.87. The van der Waals surface area contributed by atoms with Crippen molar-refractivity contribution >= 4 is 21.7 Å². The number of benzene rings is 3. The van der Waals surface area contributed by atoms with Crippen molar-refractivity contribution in [2.45, 2.75) is 38.1 Å². The van der Waals surface area contributed by atoms with Gasteiger partial charge in [0.05, 0.1) is 0 Å². The van der Waals surface area contributed by atoms with Crippen LogP contribution in [-0.2, 0) is 23.0 Å². The third-order valence-corrected chi connectivity index (χ3v) is 7.21. The molecule has 3 aromatic carbocycles. The molecule has 38 heavy (non-hydrogen) atoms. The topological polar surface area (TPSA) is 61.1 Å². The van der Waals surface area contributed by atoms with Crippen LogP contribution in [0.5, 0.6) is 0 Å². The molecule has 0 bridgehead atoms. The molecule has 5 rings (SSSR count). The first kappa shape index (κ1) is 27.8. The normalized spacial score (nSPS) is 13.3. The summed E-state index contributed by atoms with van der Waals surface area (Å²) in [6, 6.07) is 30.1. The number of alkyl halides is 3. The Labute approximate surface area is 225 Å². The van der Waals surface area contributed by atoms with E-state index in [0.29, 0.717) is 0 Å². The molecule has 1 aliphatic carbocycles. The zero-order valence-electron chi connectivity index (χ0n) is 20.5. The van der Waals surface area contributed by atoms with Crippen LogP contribution in [0.3, 0.4) is 0 Å². The van der Waals surface area contributed by atoms with Crippen LogP contribution in [0, 0.1) is 6.92 Å². The summed E-state index contributed by atoms with van der Waals surface area (Å²) in [5.74, 6) is 0. The zero-order chi connectivity index (χ0) is 27.5. The largest absolute Gasteiger partial charge is 0.741 e. The smallest absolute Gasteiger partial charge is 0.485 e. The molecule has 9 heteroatoms. The Balaban J connectivity index is 0.000000368. The molecule has 0 amide bonds. The van der Waals surface area contributed by atoms with E-state index in [2.05, 4.69) is 90.4 Å². The fourth-order valence-corrected chi connectivity index (χ4v) is 4.82. The molecule has 4 aromatic rings. The number of aromatic nitrogens is 1. The number of rotatable bonds is 3. The molecule has 198 valence electrons. The summed E-state index contributed by atoms with van der Waals surface area (Å²) in [7, 11) is -6.09. The quantitative estimate of drug-likeness (QED) is 0.152. The first-order valence-electron chi connectivity index (χ1n) is 12.0. The number of nitrogens with zero attached hydrogens (tertiary/aromatic N) is 1. The second-order valence-electron chi connectivity index (χ2n) is 8.97. The summed E-state index contributed by atoms with van der Waals surface area (Å²) < 4.78 is 61.4. The van der Waals surface area contributed by atoms with Gasteiger partial charge in [-0.05, 0) is 55.5 Å². The summed E-state index contributed by atoms with van der Waals surface area (Å²) in [4.78, 5) is 0. The highest BCUT2D eigenvalue weighted by Gasteiger charge is 2.37. The van der Waals surface area contributed by atoms with Crippen molar-refractivity contribution in [3.05, 3.63) is 107 Å². The van der Waals surface area contributed by atoms with Crippen LogP contribution in [0.2, 0.25) is 5.02 Å². The van der Waals surface area contributed by atoms with Crippen LogP contribution in [0.15, 0.2) is 84.9 Å². The van der Waals surface area contributed by atoms with Gasteiger partial charge in [-0.15, -0.1) is 0 Å². The van der Waals surface area contributed by atoms with E-state index in [-0.39, 0.29) is 0 Å². The summed E-state index contributed by atoms with van der Waals surface area (Å²) in [6.07, 6.45) is 4.67. The van der Waals surface area contributed by atoms with Gasteiger partial charge in [0.15, 0.2) is 15.8 Å². The van der Waals surface area contributed by atoms with Gasteiger partial charge in [0.1, 0.15) is 0 Å². The molecule has 1 aromatic heterocycles. The molecule has 0 aliphatic heterocycles. The monoisotopic (exact) mass is 559 g/mol. The number of fused-ring (bicyclic) bond motifs is 1. The highest BCUT2D eigenvalue weighted by atomic mass is 35.5. The van der Waals surface area contributed by atoms with Crippen molar-refractivity contribution in [3.63, 3.8) is 0 Å². The lowest BCUT2D eigenvalue weighted by molar-refractivity contribution is -0.594. The average Bonchev–Trinajstić information content (AvgIpc) is 2.89. The maximum atomic E-state index is 10.7. The van der Waals surface area contributed by atoms with Gasteiger partial charge in [-0.1, -0.05) is 66.2 Å². The van der Waals surface area contributed by atoms with Crippen molar-refractivity contribution in [2.24, 2.45) is 0 Å². The van der Waals surface area contributed by atoms with Crippen molar-refractivity contribution < 1.29 is 30.7 Å². The molecule has 0 radical (unpaired) electrons. The molecular weight excluding hydrogens is 535 g/mol. The van der Waals surface area contributed by atoms with Crippen molar-refractivity contribution in [1.29, 1.82) is 0 Å². The van der Waals surface area contributed by atoms with Crippen LogP contribution in [-0.4, -0.2) is 18.5 Å². The average molecular weight is 560 g/mol. The van der Waals surface area contributed by atoms with Gasteiger partial charge in [0.2, 0.25) is 11.4 Å². The van der Waals surface area contributed by atoms with Crippen molar-refractivity contribution in [1.82, 2.24) is 0 Å². The minimum Gasteiger partial charge on any atom is -0.741 e. The second-order valence-corrected chi connectivity index (χ2v) is 10.8. The molecule has 0 unspecified atom stereocenters. The molecule has 4 nitrogen and oxygen atoms in total. The molecular formula is C29H25ClF3NO3S. The lowest BCUT2D eigenvalue weighted by Crippen LogP contribution is -2.41.